The predicted octanol–water partition coefficient (Wildman–Crippen LogP) is 3.49. The zero-order valence-corrected chi connectivity index (χ0v) is 13.8. The fraction of sp³-hybridized carbons (Fsp3) is 0.769. The number of rotatable bonds is 8. The minimum absolute atomic E-state index is 0.667. The highest BCUT2D eigenvalue weighted by Crippen LogP contribution is 2.21. The summed E-state index contributed by atoms with van der Waals surface area (Å²) in [6.45, 7) is 6.21. The molecule has 0 saturated carbocycles. The van der Waals surface area contributed by atoms with Gasteiger partial charge in [0.1, 0.15) is 0 Å². The number of nitrogens with one attached hydrogen (secondary N) is 1. The largest absolute Gasteiger partial charge is 0.311 e. The van der Waals surface area contributed by atoms with E-state index in [0.29, 0.717) is 5.92 Å². The fourth-order valence-electron chi connectivity index (χ4n) is 2.01. The molecule has 1 heterocycles. The van der Waals surface area contributed by atoms with Gasteiger partial charge in [-0.15, -0.1) is 11.6 Å². The van der Waals surface area contributed by atoms with Crippen LogP contribution in [0.25, 0.3) is 0 Å². The van der Waals surface area contributed by atoms with E-state index in [1.807, 2.05) is 11.7 Å². The van der Waals surface area contributed by atoms with Gasteiger partial charge in [0.25, 0.3) is 0 Å². The molecule has 0 aliphatic carbocycles. The van der Waals surface area contributed by atoms with Gasteiger partial charge in [0.05, 0.1) is 15.9 Å². The third kappa shape index (κ3) is 4.25. The number of aromatic nitrogens is 2. The summed E-state index contributed by atoms with van der Waals surface area (Å²) in [5.41, 5.74) is 2.34. The average molecular weight is 337 g/mol. The zero-order chi connectivity index (χ0) is 13.5. The first-order chi connectivity index (χ1) is 8.63. The zero-order valence-electron chi connectivity index (χ0n) is 11.5. The number of halogens is 2. The molecule has 1 aromatic heterocycles. The van der Waals surface area contributed by atoms with Crippen molar-refractivity contribution in [1.29, 1.82) is 0 Å². The lowest BCUT2D eigenvalue weighted by Gasteiger charge is -2.14. The van der Waals surface area contributed by atoms with Crippen molar-refractivity contribution >= 4 is 27.5 Å². The molecule has 1 rings (SSSR count). The van der Waals surface area contributed by atoms with Crippen LogP contribution in [0.3, 0.4) is 0 Å². The Kier molecular flexibility index (Phi) is 7.27. The lowest BCUT2D eigenvalue weighted by Crippen LogP contribution is -2.23. The summed E-state index contributed by atoms with van der Waals surface area (Å²) < 4.78 is 3.10. The molecule has 0 saturated heterocycles. The molecule has 0 aliphatic rings. The molecule has 0 spiro atoms. The lowest BCUT2D eigenvalue weighted by atomic mass is 10.0. The Morgan fingerprint density at radius 1 is 1.44 bits per heavy atom. The Hall–Kier alpha value is -0.0600. The first-order valence-corrected chi connectivity index (χ1v) is 7.93. The van der Waals surface area contributed by atoms with Crippen LogP contribution < -0.4 is 5.32 Å². The quantitative estimate of drug-likeness (QED) is 0.736. The highest BCUT2D eigenvalue weighted by molar-refractivity contribution is 9.10. The van der Waals surface area contributed by atoms with E-state index >= 15 is 0 Å². The molecule has 1 unspecified atom stereocenters. The van der Waals surface area contributed by atoms with Gasteiger partial charge < -0.3 is 5.32 Å². The number of nitrogens with zero attached hydrogens (tertiary/aromatic N) is 2. The highest BCUT2D eigenvalue weighted by atomic mass is 79.9. The fourth-order valence-corrected chi connectivity index (χ4v) is 3.08. The molecule has 5 heteroatoms. The van der Waals surface area contributed by atoms with E-state index in [2.05, 4.69) is 40.2 Å². The molecule has 1 aromatic rings. The molecular weight excluding hydrogens is 314 g/mol. The first-order valence-electron chi connectivity index (χ1n) is 6.60. The van der Waals surface area contributed by atoms with Gasteiger partial charge in [-0.2, -0.15) is 5.10 Å². The maximum atomic E-state index is 5.79. The molecule has 3 nitrogen and oxygen atoms in total. The van der Waals surface area contributed by atoms with Gasteiger partial charge >= 0.3 is 0 Å². The molecule has 104 valence electrons. The summed E-state index contributed by atoms with van der Waals surface area (Å²) in [7, 11) is 2.00. The molecule has 0 radical (unpaired) electrons. The van der Waals surface area contributed by atoms with Crippen molar-refractivity contribution in [2.75, 3.05) is 12.4 Å². The molecule has 18 heavy (non-hydrogen) atoms. The topological polar surface area (TPSA) is 29.9 Å². The number of aryl methyl sites for hydroxylation is 2. The first kappa shape index (κ1) is 16.0. The van der Waals surface area contributed by atoms with Crippen LogP contribution >= 0.6 is 27.5 Å². The van der Waals surface area contributed by atoms with Crippen molar-refractivity contribution in [3.05, 3.63) is 15.9 Å². The van der Waals surface area contributed by atoms with Gasteiger partial charge in [0.15, 0.2) is 0 Å². The Balaban J connectivity index is 2.50. The van der Waals surface area contributed by atoms with Gasteiger partial charge in [0.2, 0.25) is 0 Å². The molecule has 0 aliphatic heterocycles. The van der Waals surface area contributed by atoms with Crippen LogP contribution in [0.5, 0.6) is 0 Å². The number of hydrogen-bond acceptors (Lipinski definition) is 2. The standard InChI is InChI=1S/C13H23BrClN3/c1-4-10(6-7-15)8-16-9-12-13(14)11(5-2)17-18(12)3/h10,16H,4-9H2,1-3H3. The van der Waals surface area contributed by atoms with E-state index in [1.165, 1.54) is 12.1 Å². The second-order valence-corrected chi connectivity index (χ2v) is 5.74. The number of hydrogen-bond donors (Lipinski definition) is 1. The highest BCUT2D eigenvalue weighted by Gasteiger charge is 2.12. The van der Waals surface area contributed by atoms with Gasteiger partial charge in [-0.3, -0.25) is 4.68 Å². The minimum atomic E-state index is 0.667. The number of alkyl halides is 1. The van der Waals surface area contributed by atoms with E-state index < -0.39 is 0 Å². The van der Waals surface area contributed by atoms with Gasteiger partial charge in [-0.1, -0.05) is 20.3 Å². The second kappa shape index (κ2) is 8.18. The van der Waals surface area contributed by atoms with Crippen LogP contribution in [0, 0.1) is 5.92 Å². The SMILES string of the molecule is CCc1nn(C)c(CNCC(CC)CCCl)c1Br. The van der Waals surface area contributed by atoms with Gasteiger partial charge in [-0.05, 0) is 41.2 Å². The normalized spacial score (nSPS) is 12.9. The van der Waals surface area contributed by atoms with E-state index in [9.17, 15) is 0 Å². The predicted molar refractivity (Wildman–Crippen MR) is 81.1 cm³/mol. The minimum Gasteiger partial charge on any atom is -0.311 e. The molecule has 0 bridgehead atoms. The van der Waals surface area contributed by atoms with E-state index in [-0.39, 0.29) is 0 Å². The van der Waals surface area contributed by atoms with Crippen LogP contribution in [0.15, 0.2) is 4.47 Å². The van der Waals surface area contributed by atoms with Crippen LogP contribution in [-0.2, 0) is 20.0 Å². The summed E-state index contributed by atoms with van der Waals surface area (Å²) in [6, 6.07) is 0. The van der Waals surface area contributed by atoms with Crippen LogP contribution in [0.4, 0.5) is 0 Å². The third-order valence-corrected chi connectivity index (χ3v) is 4.46. The van der Waals surface area contributed by atoms with E-state index in [4.69, 9.17) is 11.6 Å². The molecular formula is C13H23BrClN3. The van der Waals surface area contributed by atoms with E-state index in [0.717, 1.165) is 42.0 Å². The summed E-state index contributed by atoms with van der Waals surface area (Å²) in [5.74, 6) is 1.41. The van der Waals surface area contributed by atoms with Crippen molar-refractivity contribution in [2.45, 2.75) is 39.7 Å². The maximum absolute atomic E-state index is 5.79. The smallest absolute Gasteiger partial charge is 0.0767 e. The molecule has 1 atom stereocenters. The summed E-state index contributed by atoms with van der Waals surface area (Å²) in [4.78, 5) is 0. The van der Waals surface area contributed by atoms with Crippen molar-refractivity contribution in [3.8, 4) is 0 Å². The third-order valence-electron chi connectivity index (χ3n) is 3.32. The molecule has 0 fully saturated rings. The average Bonchev–Trinajstić information content (AvgIpc) is 2.64. The maximum Gasteiger partial charge on any atom is 0.0767 e. The molecule has 1 N–H and O–H groups in total. The summed E-state index contributed by atoms with van der Waals surface area (Å²) >= 11 is 9.43. The Bertz CT molecular complexity index is 365. The Morgan fingerprint density at radius 3 is 2.67 bits per heavy atom. The summed E-state index contributed by atoms with van der Waals surface area (Å²) in [5, 5.41) is 8.00. The van der Waals surface area contributed by atoms with Crippen molar-refractivity contribution in [3.63, 3.8) is 0 Å². The summed E-state index contributed by atoms with van der Waals surface area (Å²) in [6.07, 6.45) is 3.21. The molecule has 0 amide bonds. The molecule has 0 aromatic carbocycles. The van der Waals surface area contributed by atoms with Crippen LogP contribution in [0.2, 0.25) is 0 Å². The van der Waals surface area contributed by atoms with E-state index in [1.54, 1.807) is 0 Å². The Labute approximate surface area is 123 Å². The van der Waals surface area contributed by atoms with Crippen molar-refractivity contribution < 1.29 is 0 Å². The van der Waals surface area contributed by atoms with Crippen molar-refractivity contribution in [2.24, 2.45) is 13.0 Å². The van der Waals surface area contributed by atoms with Crippen molar-refractivity contribution in [1.82, 2.24) is 15.1 Å². The van der Waals surface area contributed by atoms with Gasteiger partial charge in [0, 0.05) is 19.5 Å². The van der Waals surface area contributed by atoms with Gasteiger partial charge in [-0.25, -0.2) is 0 Å². The second-order valence-electron chi connectivity index (χ2n) is 4.57. The van der Waals surface area contributed by atoms with Crippen LogP contribution in [0.1, 0.15) is 38.1 Å². The monoisotopic (exact) mass is 335 g/mol. The van der Waals surface area contributed by atoms with Crippen LogP contribution in [-0.4, -0.2) is 22.2 Å². The Morgan fingerprint density at radius 2 is 2.17 bits per heavy atom. The lowest BCUT2D eigenvalue weighted by molar-refractivity contribution is 0.446.